The van der Waals surface area contributed by atoms with Gasteiger partial charge in [0.15, 0.2) is 0 Å². The summed E-state index contributed by atoms with van der Waals surface area (Å²) in [6.07, 6.45) is 0. The van der Waals surface area contributed by atoms with Crippen molar-refractivity contribution in [2.75, 3.05) is 0 Å². The highest BCUT2D eigenvalue weighted by atomic mass is 16.6. The first-order valence-electron chi connectivity index (χ1n) is 6.48. The van der Waals surface area contributed by atoms with Crippen LogP contribution in [-0.2, 0) is 0 Å². The number of hydrogen-bond acceptors (Lipinski definition) is 6. The molecular formula is C14H11N5O3. The van der Waals surface area contributed by atoms with E-state index < -0.39 is 16.8 Å². The molecule has 2 unspecified atom stereocenters. The van der Waals surface area contributed by atoms with Gasteiger partial charge in [-0.2, -0.15) is 5.26 Å². The number of H-pyrrole nitrogens is 1. The van der Waals surface area contributed by atoms with Gasteiger partial charge in [0.2, 0.25) is 11.8 Å². The molecule has 1 aliphatic heterocycles. The minimum Gasteiger partial charge on any atom is -0.422 e. The SMILES string of the molecule is Cc1[nH]nc2c1C(c1cccc([N+](=O)[O-])c1)C(C#N)C(=N)O2. The largest absolute Gasteiger partial charge is 0.422 e. The highest BCUT2D eigenvalue weighted by Crippen LogP contribution is 2.43. The number of aromatic amines is 1. The topological polar surface area (TPSA) is 129 Å². The van der Waals surface area contributed by atoms with Gasteiger partial charge in [-0.05, 0) is 12.5 Å². The number of nitro benzene ring substituents is 1. The lowest BCUT2D eigenvalue weighted by Gasteiger charge is -2.27. The third-order valence-electron chi connectivity index (χ3n) is 3.67. The predicted octanol–water partition coefficient (Wildman–Crippen LogP) is 2.27. The molecule has 8 heteroatoms. The maximum atomic E-state index is 11.0. The van der Waals surface area contributed by atoms with Crippen molar-refractivity contribution in [3.8, 4) is 11.9 Å². The van der Waals surface area contributed by atoms with E-state index in [1.54, 1.807) is 19.1 Å². The number of non-ortho nitro benzene ring substituents is 1. The second-order valence-corrected chi connectivity index (χ2v) is 4.97. The lowest BCUT2D eigenvalue weighted by Crippen LogP contribution is -2.31. The number of hydrogen-bond donors (Lipinski definition) is 2. The molecule has 2 aromatic rings. The Balaban J connectivity index is 2.20. The summed E-state index contributed by atoms with van der Waals surface area (Å²) >= 11 is 0. The number of ether oxygens (including phenoxy) is 1. The number of rotatable bonds is 2. The molecule has 0 aliphatic carbocycles. The third-order valence-corrected chi connectivity index (χ3v) is 3.67. The standard InChI is InChI=1S/C14H11N5O3/c1-7-11-12(8-3-2-4-9(5-8)19(20)21)10(6-15)13(16)22-14(11)18-17-7/h2-5,10,12,16H,1H3,(H,17,18). The van der Waals surface area contributed by atoms with Crippen molar-refractivity contribution in [1.82, 2.24) is 10.2 Å². The average molecular weight is 297 g/mol. The number of aryl methyl sites for hydroxylation is 1. The quantitative estimate of drug-likeness (QED) is 0.648. The van der Waals surface area contributed by atoms with Gasteiger partial charge in [-0.15, -0.1) is 5.10 Å². The first kappa shape index (κ1) is 13.8. The van der Waals surface area contributed by atoms with Gasteiger partial charge in [-0.1, -0.05) is 12.1 Å². The molecule has 1 aromatic carbocycles. The molecule has 0 fully saturated rings. The summed E-state index contributed by atoms with van der Waals surface area (Å²) in [6, 6.07) is 8.13. The number of nitrogens with one attached hydrogen (secondary N) is 2. The molecule has 1 aromatic heterocycles. The van der Waals surface area contributed by atoms with E-state index in [1.807, 2.05) is 6.07 Å². The Morgan fingerprint density at radius 3 is 3.00 bits per heavy atom. The van der Waals surface area contributed by atoms with Crippen LogP contribution in [0.4, 0.5) is 5.69 Å². The lowest BCUT2D eigenvalue weighted by molar-refractivity contribution is -0.384. The fourth-order valence-electron chi connectivity index (χ4n) is 2.67. The number of nitriles is 1. The van der Waals surface area contributed by atoms with Crippen molar-refractivity contribution < 1.29 is 9.66 Å². The summed E-state index contributed by atoms with van der Waals surface area (Å²) < 4.78 is 5.27. The van der Waals surface area contributed by atoms with Gasteiger partial charge in [0.25, 0.3) is 5.69 Å². The molecular weight excluding hydrogens is 286 g/mol. The smallest absolute Gasteiger partial charge is 0.269 e. The van der Waals surface area contributed by atoms with Gasteiger partial charge < -0.3 is 4.74 Å². The van der Waals surface area contributed by atoms with E-state index in [1.165, 1.54) is 12.1 Å². The molecule has 0 spiro atoms. The third kappa shape index (κ3) is 2.00. The normalized spacial score (nSPS) is 19.9. The Kier molecular flexibility index (Phi) is 3.10. The fraction of sp³-hybridized carbons (Fsp3) is 0.214. The number of fused-ring (bicyclic) bond motifs is 1. The summed E-state index contributed by atoms with van der Waals surface area (Å²) in [5, 5.41) is 35.0. The number of nitro groups is 1. The van der Waals surface area contributed by atoms with Crippen molar-refractivity contribution in [2.45, 2.75) is 12.8 Å². The van der Waals surface area contributed by atoms with Crippen molar-refractivity contribution in [3.63, 3.8) is 0 Å². The Labute approximate surface area is 125 Å². The molecule has 110 valence electrons. The number of benzene rings is 1. The minimum atomic E-state index is -0.856. The van der Waals surface area contributed by atoms with E-state index in [0.29, 0.717) is 16.8 Å². The molecule has 3 rings (SSSR count). The second kappa shape index (κ2) is 4.96. The molecule has 0 saturated carbocycles. The van der Waals surface area contributed by atoms with E-state index in [2.05, 4.69) is 10.2 Å². The van der Waals surface area contributed by atoms with Crippen molar-refractivity contribution in [1.29, 1.82) is 10.7 Å². The summed E-state index contributed by atoms with van der Waals surface area (Å²) in [6.45, 7) is 1.78. The van der Waals surface area contributed by atoms with E-state index >= 15 is 0 Å². The average Bonchev–Trinajstić information content (AvgIpc) is 2.86. The Hall–Kier alpha value is -3.21. The van der Waals surface area contributed by atoms with E-state index in [9.17, 15) is 15.4 Å². The zero-order valence-corrected chi connectivity index (χ0v) is 11.5. The van der Waals surface area contributed by atoms with Gasteiger partial charge in [0.05, 0.1) is 11.0 Å². The van der Waals surface area contributed by atoms with Crippen molar-refractivity contribution >= 4 is 11.6 Å². The Morgan fingerprint density at radius 1 is 1.55 bits per heavy atom. The van der Waals surface area contributed by atoms with Crippen LogP contribution in [0.1, 0.15) is 22.7 Å². The zero-order chi connectivity index (χ0) is 15.9. The van der Waals surface area contributed by atoms with Crippen LogP contribution in [0, 0.1) is 39.7 Å². The van der Waals surface area contributed by atoms with Crippen LogP contribution >= 0.6 is 0 Å². The highest BCUT2D eigenvalue weighted by Gasteiger charge is 2.40. The first-order chi connectivity index (χ1) is 10.5. The molecule has 0 amide bonds. The fourth-order valence-corrected chi connectivity index (χ4v) is 2.67. The van der Waals surface area contributed by atoms with Crippen LogP contribution in [0.2, 0.25) is 0 Å². The molecule has 0 bridgehead atoms. The lowest BCUT2D eigenvalue weighted by atomic mass is 9.79. The van der Waals surface area contributed by atoms with E-state index in [0.717, 1.165) is 0 Å². The maximum absolute atomic E-state index is 11.0. The van der Waals surface area contributed by atoms with E-state index in [4.69, 9.17) is 10.1 Å². The maximum Gasteiger partial charge on any atom is 0.269 e. The Bertz CT molecular complexity index is 820. The van der Waals surface area contributed by atoms with Crippen molar-refractivity contribution in [3.05, 3.63) is 51.2 Å². The molecule has 22 heavy (non-hydrogen) atoms. The monoisotopic (exact) mass is 297 g/mol. The second-order valence-electron chi connectivity index (χ2n) is 4.97. The summed E-state index contributed by atoms with van der Waals surface area (Å²) in [4.78, 5) is 10.5. The van der Waals surface area contributed by atoms with Gasteiger partial charge in [0.1, 0.15) is 5.92 Å². The summed E-state index contributed by atoms with van der Waals surface area (Å²) in [7, 11) is 0. The van der Waals surface area contributed by atoms with Gasteiger partial charge >= 0.3 is 0 Å². The summed E-state index contributed by atoms with van der Waals surface area (Å²) in [5.74, 6) is -1.35. The zero-order valence-electron chi connectivity index (χ0n) is 11.5. The molecule has 2 N–H and O–H groups in total. The van der Waals surface area contributed by atoms with Crippen LogP contribution < -0.4 is 4.74 Å². The Morgan fingerprint density at radius 2 is 2.32 bits per heavy atom. The molecule has 1 aliphatic rings. The van der Waals surface area contributed by atoms with E-state index in [-0.39, 0.29) is 17.5 Å². The van der Waals surface area contributed by atoms with Crippen LogP contribution in [0.25, 0.3) is 0 Å². The molecule has 8 nitrogen and oxygen atoms in total. The van der Waals surface area contributed by atoms with Gasteiger partial charge in [-0.3, -0.25) is 20.6 Å². The van der Waals surface area contributed by atoms with Crippen LogP contribution in [0.15, 0.2) is 24.3 Å². The van der Waals surface area contributed by atoms with Crippen LogP contribution in [0.5, 0.6) is 5.88 Å². The first-order valence-corrected chi connectivity index (χ1v) is 6.48. The minimum absolute atomic E-state index is 0.0603. The van der Waals surface area contributed by atoms with Crippen LogP contribution in [0.3, 0.4) is 0 Å². The van der Waals surface area contributed by atoms with Crippen molar-refractivity contribution in [2.24, 2.45) is 5.92 Å². The highest BCUT2D eigenvalue weighted by molar-refractivity contribution is 5.84. The predicted molar refractivity (Wildman–Crippen MR) is 75.7 cm³/mol. The van der Waals surface area contributed by atoms with Gasteiger partial charge in [-0.25, -0.2) is 0 Å². The molecule has 2 atom stereocenters. The van der Waals surface area contributed by atoms with Gasteiger partial charge in [0, 0.05) is 29.3 Å². The van der Waals surface area contributed by atoms with Crippen LogP contribution in [-0.4, -0.2) is 21.0 Å². The molecule has 2 heterocycles. The number of nitrogens with zero attached hydrogens (tertiary/aromatic N) is 3. The number of aromatic nitrogens is 2. The molecule has 0 radical (unpaired) electrons. The summed E-state index contributed by atoms with van der Waals surface area (Å²) in [5.41, 5.74) is 1.89. The molecule has 0 saturated heterocycles.